The number of halogens is 4. The molecule has 10 nitrogen and oxygen atoms in total. The summed E-state index contributed by atoms with van der Waals surface area (Å²) < 4.78 is 78.8. The maximum atomic E-state index is 12.9. The van der Waals surface area contributed by atoms with Crippen LogP contribution in [0.3, 0.4) is 0 Å². The van der Waals surface area contributed by atoms with E-state index in [1.165, 1.54) is 16.2 Å². The van der Waals surface area contributed by atoms with Crippen LogP contribution in [0.2, 0.25) is 0 Å². The standard InChI is InChI=1S/C32H38F4N8O2S2/c1-21(42-9-11-43(12-10-42)48(45,46)19-33)17-44-25(16-37)13-27-22(2)23(3-4-29(27)44)18-41-7-5-24(6-8-41)40-30-28-14-26(15-32(34,35)36)47-31(28)39-20-38-30/h3-4,13-14,20-21,24H,5-12,15,17-19H2,1-2H3,(H,38,39,40)/t21-/m1/s1. The molecule has 1 N–H and O–H groups in total. The summed E-state index contributed by atoms with van der Waals surface area (Å²) in [5.41, 5.74) is 3.85. The van der Waals surface area contributed by atoms with Gasteiger partial charge in [-0.25, -0.2) is 22.8 Å². The Hall–Kier alpha value is -3.36. The van der Waals surface area contributed by atoms with Crippen LogP contribution in [0.5, 0.6) is 0 Å². The van der Waals surface area contributed by atoms with Gasteiger partial charge in [-0.1, -0.05) is 6.07 Å². The van der Waals surface area contributed by atoms with Crippen molar-refractivity contribution < 1.29 is 26.0 Å². The molecule has 0 saturated carbocycles. The topological polar surface area (TPSA) is 110 Å². The Balaban J connectivity index is 1.08. The first-order chi connectivity index (χ1) is 22.8. The van der Waals surface area contributed by atoms with Crippen molar-refractivity contribution in [3.63, 3.8) is 0 Å². The zero-order valence-electron chi connectivity index (χ0n) is 26.8. The van der Waals surface area contributed by atoms with Gasteiger partial charge in [0.05, 0.1) is 11.8 Å². The Morgan fingerprint density at radius 2 is 1.81 bits per heavy atom. The number of nitriles is 1. The van der Waals surface area contributed by atoms with E-state index < -0.39 is 28.6 Å². The normalized spacial score (nSPS) is 18.4. The van der Waals surface area contributed by atoms with Crippen molar-refractivity contribution in [2.45, 2.75) is 64.5 Å². The van der Waals surface area contributed by atoms with Gasteiger partial charge < -0.3 is 9.88 Å². The second-order valence-corrected chi connectivity index (χ2v) is 15.7. The summed E-state index contributed by atoms with van der Waals surface area (Å²) in [5, 5.41) is 15.1. The molecule has 1 aromatic carbocycles. The lowest BCUT2D eigenvalue weighted by Crippen LogP contribution is -2.52. The van der Waals surface area contributed by atoms with Gasteiger partial charge in [0.1, 0.15) is 28.7 Å². The van der Waals surface area contributed by atoms with Crippen molar-refractivity contribution >= 4 is 48.3 Å². The Labute approximate surface area is 281 Å². The molecular weight excluding hydrogens is 669 g/mol. The van der Waals surface area contributed by atoms with Gasteiger partial charge in [0, 0.05) is 80.2 Å². The van der Waals surface area contributed by atoms with E-state index in [1.54, 1.807) is 6.07 Å². The highest BCUT2D eigenvalue weighted by Crippen LogP contribution is 2.33. The van der Waals surface area contributed by atoms with Gasteiger partial charge in [0.25, 0.3) is 0 Å². The minimum atomic E-state index is -4.27. The molecule has 0 unspecified atom stereocenters. The first-order valence-electron chi connectivity index (χ1n) is 15.9. The number of anilines is 1. The molecule has 48 heavy (non-hydrogen) atoms. The van der Waals surface area contributed by atoms with Crippen LogP contribution in [-0.4, -0.2) is 101 Å². The van der Waals surface area contributed by atoms with Gasteiger partial charge in [-0.2, -0.15) is 22.7 Å². The van der Waals surface area contributed by atoms with Crippen molar-refractivity contribution in [1.82, 2.24) is 28.6 Å². The average Bonchev–Trinajstić information content (AvgIpc) is 3.63. The number of piperazine rings is 1. The molecule has 2 aliphatic heterocycles. The zero-order chi connectivity index (χ0) is 34.2. The quantitative estimate of drug-likeness (QED) is 0.222. The van der Waals surface area contributed by atoms with E-state index in [0.29, 0.717) is 41.4 Å². The van der Waals surface area contributed by atoms with Gasteiger partial charge in [-0.05, 0) is 56.0 Å². The molecule has 0 amide bonds. The molecule has 16 heteroatoms. The molecule has 3 aromatic heterocycles. The maximum Gasteiger partial charge on any atom is 0.393 e. The molecule has 0 aliphatic carbocycles. The Morgan fingerprint density at radius 3 is 2.48 bits per heavy atom. The lowest BCUT2D eigenvalue weighted by atomic mass is 10.0. The van der Waals surface area contributed by atoms with Crippen molar-refractivity contribution in [3.8, 4) is 6.07 Å². The lowest BCUT2D eigenvalue weighted by Gasteiger charge is -2.37. The number of hydrogen-bond acceptors (Lipinski definition) is 9. The molecule has 2 aliphatic rings. The molecule has 258 valence electrons. The SMILES string of the molecule is Cc1c(CN2CCC(Nc3ncnc4sc(CC(F)(F)F)cc34)CC2)ccc2c1cc(C#N)n2C[C@@H](C)N1CCN(S(=O)(=O)CF)CC1. The summed E-state index contributed by atoms with van der Waals surface area (Å²) >= 11 is 1.05. The molecule has 2 fully saturated rings. The van der Waals surface area contributed by atoms with Crippen LogP contribution in [0, 0.1) is 18.3 Å². The van der Waals surface area contributed by atoms with Crippen LogP contribution in [0.1, 0.15) is 41.5 Å². The van der Waals surface area contributed by atoms with Crippen LogP contribution in [0.4, 0.5) is 23.4 Å². The summed E-state index contributed by atoms with van der Waals surface area (Å²) in [6.07, 6.45) is -2.15. The number of nitrogens with one attached hydrogen (secondary N) is 1. The predicted molar refractivity (Wildman–Crippen MR) is 178 cm³/mol. The highest BCUT2D eigenvalue weighted by molar-refractivity contribution is 7.88. The molecule has 0 spiro atoms. The van der Waals surface area contributed by atoms with Gasteiger partial charge in [0.15, 0.2) is 0 Å². The average molecular weight is 707 g/mol. The number of sulfonamides is 1. The number of nitrogens with zero attached hydrogens (tertiary/aromatic N) is 7. The number of piperidine rings is 1. The predicted octanol–water partition coefficient (Wildman–Crippen LogP) is 5.27. The summed E-state index contributed by atoms with van der Waals surface area (Å²) in [6, 6.07) is 8.81. The van der Waals surface area contributed by atoms with E-state index in [0.717, 1.165) is 60.3 Å². The Bertz CT molecular complexity index is 1920. The van der Waals surface area contributed by atoms with Crippen molar-refractivity contribution in [1.29, 1.82) is 5.26 Å². The fourth-order valence-electron chi connectivity index (χ4n) is 6.83. The smallest absolute Gasteiger partial charge is 0.367 e. The highest BCUT2D eigenvalue weighted by atomic mass is 32.2. The third kappa shape index (κ3) is 7.45. The summed E-state index contributed by atoms with van der Waals surface area (Å²) in [4.78, 5) is 13.8. The van der Waals surface area contributed by atoms with Crippen LogP contribution in [0.25, 0.3) is 21.1 Å². The number of thiophene rings is 1. The first-order valence-corrected chi connectivity index (χ1v) is 18.4. The zero-order valence-corrected chi connectivity index (χ0v) is 28.4. The third-order valence-corrected chi connectivity index (χ3v) is 12.0. The Morgan fingerprint density at radius 1 is 1.08 bits per heavy atom. The number of rotatable bonds is 10. The molecule has 4 aromatic rings. The summed E-state index contributed by atoms with van der Waals surface area (Å²) in [6.45, 7) is 8.63. The minimum Gasteiger partial charge on any atom is -0.367 e. The van der Waals surface area contributed by atoms with Crippen LogP contribution in [-0.2, 0) is 29.5 Å². The molecule has 1 atom stereocenters. The number of alkyl halides is 4. The number of hydrogen-bond donors (Lipinski definition) is 1. The number of likely N-dealkylation sites (tertiary alicyclic amines) is 1. The highest BCUT2D eigenvalue weighted by Gasteiger charge is 2.31. The second kappa shape index (κ2) is 13.9. The fraction of sp³-hybridized carbons (Fsp3) is 0.531. The molecular formula is C32H38F4N8O2S2. The summed E-state index contributed by atoms with van der Waals surface area (Å²) in [5.74, 6) is 0.573. The van der Waals surface area contributed by atoms with Crippen LogP contribution in [0.15, 0.2) is 30.6 Å². The molecule has 0 radical (unpaired) electrons. The van der Waals surface area contributed by atoms with E-state index in [-0.39, 0.29) is 30.1 Å². The largest absolute Gasteiger partial charge is 0.393 e. The molecule has 2 saturated heterocycles. The number of aryl methyl sites for hydroxylation is 1. The maximum absolute atomic E-state index is 12.9. The van der Waals surface area contributed by atoms with Crippen LogP contribution >= 0.6 is 11.3 Å². The van der Waals surface area contributed by atoms with E-state index in [4.69, 9.17) is 0 Å². The summed E-state index contributed by atoms with van der Waals surface area (Å²) in [7, 11) is -3.85. The van der Waals surface area contributed by atoms with Gasteiger partial charge in [-0.15, -0.1) is 11.3 Å². The van der Waals surface area contributed by atoms with Crippen molar-refractivity contribution in [3.05, 3.63) is 52.3 Å². The van der Waals surface area contributed by atoms with E-state index in [2.05, 4.69) is 57.1 Å². The van der Waals surface area contributed by atoms with Crippen molar-refractivity contribution in [2.75, 3.05) is 50.6 Å². The fourth-order valence-corrected chi connectivity index (χ4v) is 8.71. The molecule has 5 heterocycles. The number of fused-ring (bicyclic) bond motifs is 2. The van der Waals surface area contributed by atoms with Gasteiger partial charge >= 0.3 is 6.18 Å². The van der Waals surface area contributed by atoms with Gasteiger partial charge in [0.2, 0.25) is 16.0 Å². The number of aromatic nitrogens is 3. The van der Waals surface area contributed by atoms with E-state index >= 15 is 0 Å². The van der Waals surface area contributed by atoms with E-state index in [9.17, 15) is 31.2 Å². The van der Waals surface area contributed by atoms with Crippen molar-refractivity contribution in [2.24, 2.45) is 0 Å². The second-order valence-electron chi connectivity index (χ2n) is 12.7. The Kier molecular flexibility index (Phi) is 9.97. The monoisotopic (exact) mass is 706 g/mol. The third-order valence-electron chi connectivity index (χ3n) is 9.53. The van der Waals surface area contributed by atoms with Crippen LogP contribution < -0.4 is 5.32 Å². The lowest BCUT2D eigenvalue weighted by molar-refractivity contribution is -0.126. The first kappa shape index (κ1) is 34.5. The minimum absolute atomic E-state index is 0.0398. The number of benzene rings is 1. The molecule has 6 rings (SSSR count). The van der Waals surface area contributed by atoms with Gasteiger partial charge in [-0.3, -0.25) is 9.80 Å². The van der Waals surface area contributed by atoms with E-state index in [1.807, 2.05) is 10.6 Å². The molecule has 0 bridgehead atoms.